The number of hydrogen-bond donors (Lipinski definition) is 0. The summed E-state index contributed by atoms with van der Waals surface area (Å²) in [7, 11) is 0. The third-order valence-corrected chi connectivity index (χ3v) is 0.607. The van der Waals surface area contributed by atoms with Gasteiger partial charge in [-0.3, -0.25) is 0 Å². The van der Waals surface area contributed by atoms with Crippen molar-refractivity contribution in [2.75, 3.05) is 0 Å². The Hall–Kier alpha value is -0.224. The third-order valence-electron chi connectivity index (χ3n) is 0.607. The van der Waals surface area contributed by atoms with E-state index in [-0.39, 0.29) is 23.1 Å². The molecule has 0 bridgehead atoms. The van der Waals surface area contributed by atoms with Gasteiger partial charge in [0.15, 0.2) is 6.68 Å². The van der Waals surface area contributed by atoms with Gasteiger partial charge in [-0.15, -0.1) is 0 Å². The van der Waals surface area contributed by atoms with Crippen LogP contribution in [0.1, 0.15) is 0 Å². The fraction of sp³-hybridized carbons (Fsp3) is 0. The van der Waals surface area contributed by atoms with Crippen LogP contribution in [0.15, 0.2) is 30.3 Å². The minimum atomic E-state index is -3.08. The van der Waals surface area contributed by atoms with Crippen LogP contribution in [0.4, 0.5) is 13.2 Å². The molecular formula is C7H5F3Mg. The largest absolute Gasteiger partial charge is 2.00 e. The van der Waals surface area contributed by atoms with Crippen molar-refractivity contribution in [1.29, 1.82) is 0 Å². The normalized spacial score (nSPS) is 7.64. The van der Waals surface area contributed by atoms with Gasteiger partial charge < -0.3 is 13.2 Å². The fourth-order valence-electron chi connectivity index (χ4n) is 0.342. The van der Waals surface area contributed by atoms with E-state index in [9.17, 15) is 13.2 Å². The van der Waals surface area contributed by atoms with Crippen LogP contribution in [-0.4, -0.2) is 23.1 Å². The maximum Gasteiger partial charge on any atom is 2.00 e. The number of rotatable bonds is 0. The molecule has 0 fully saturated rings. The summed E-state index contributed by atoms with van der Waals surface area (Å²) < 4.78 is 28.8. The first-order valence-electron chi connectivity index (χ1n) is 2.48. The van der Waals surface area contributed by atoms with E-state index < -0.39 is 6.68 Å². The Bertz CT molecular complexity index is 114. The van der Waals surface area contributed by atoms with Crippen molar-refractivity contribution in [3.63, 3.8) is 0 Å². The summed E-state index contributed by atoms with van der Waals surface area (Å²) in [6.07, 6.45) is 0. The molecule has 0 radical (unpaired) electrons. The summed E-state index contributed by atoms with van der Waals surface area (Å²) in [5.41, 5.74) is 0. The minimum Gasteiger partial charge on any atom is -0.385 e. The molecule has 0 aliphatic rings. The molecule has 4 heteroatoms. The van der Waals surface area contributed by atoms with Crippen molar-refractivity contribution in [3.8, 4) is 0 Å². The van der Waals surface area contributed by atoms with E-state index in [2.05, 4.69) is 6.07 Å². The van der Waals surface area contributed by atoms with Crippen LogP contribution >= 0.6 is 0 Å². The smallest absolute Gasteiger partial charge is 0.385 e. The van der Waals surface area contributed by atoms with Gasteiger partial charge in [-0.05, 0) is 0 Å². The molecule has 0 nitrogen and oxygen atoms in total. The Balaban J connectivity index is 0. The average Bonchev–Trinajstić information content (AvgIpc) is 1.90. The second-order valence-electron chi connectivity index (χ2n) is 1.29. The van der Waals surface area contributed by atoms with Crippen LogP contribution in [-0.2, 0) is 0 Å². The van der Waals surface area contributed by atoms with Gasteiger partial charge in [0.05, 0.1) is 0 Å². The summed E-state index contributed by atoms with van der Waals surface area (Å²) in [4.78, 5) is 0. The molecular weight excluding hydrogens is 165 g/mol. The molecule has 1 aromatic rings. The molecule has 0 amide bonds. The van der Waals surface area contributed by atoms with Crippen LogP contribution in [0.5, 0.6) is 0 Å². The monoisotopic (exact) mass is 170 g/mol. The van der Waals surface area contributed by atoms with Gasteiger partial charge in [0.25, 0.3) is 0 Å². The van der Waals surface area contributed by atoms with Crippen molar-refractivity contribution in [2.24, 2.45) is 0 Å². The molecule has 0 N–H and O–H groups in total. The Morgan fingerprint density at radius 2 is 1.27 bits per heavy atom. The molecule has 1 rings (SSSR count). The Kier molecular flexibility index (Phi) is 11.9. The first-order valence-corrected chi connectivity index (χ1v) is 2.48. The molecule has 0 unspecified atom stereocenters. The topological polar surface area (TPSA) is 0 Å². The van der Waals surface area contributed by atoms with Gasteiger partial charge in [0.2, 0.25) is 0 Å². The van der Waals surface area contributed by atoms with Crippen molar-refractivity contribution in [3.05, 3.63) is 43.1 Å². The summed E-state index contributed by atoms with van der Waals surface area (Å²) in [6, 6.07) is 12.5. The Labute approximate surface area is 79.6 Å². The first kappa shape index (κ1) is 13.4. The van der Waals surface area contributed by atoms with Gasteiger partial charge in [-0.25, -0.2) is 0 Å². The fourth-order valence-corrected chi connectivity index (χ4v) is 0.342. The van der Waals surface area contributed by atoms with E-state index in [0.29, 0.717) is 0 Å². The molecule has 0 saturated heterocycles. The number of benzene rings is 1. The average molecular weight is 170 g/mol. The summed E-state index contributed by atoms with van der Waals surface area (Å²) in [6.45, 7) is -3.08. The van der Waals surface area contributed by atoms with Crippen molar-refractivity contribution in [2.45, 2.75) is 0 Å². The maximum absolute atomic E-state index is 9.58. The summed E-state index contributed by atoms with van der Waals surface area (Å²) in [5, 5.41) is 0. The molecule has 0 aromatic heterocycles. The molecule has 0 heterocycles. The van der Waals surface area contributed by atoms with E-state index >= 15 is 0 Å². The SMILES string of the molecule is F[C-](F)F.[Mg+2].[c-]1ccccc1. The zero-order valence-corrected chi connectivity index (χ0v) is 7.14. The van der Waals surface area contributed by atoms with Crippen LogP contribution in [0.3, 0.4) is 0 Å². The van der Waals surface area contributed by atoms with E-state index in [0.717, 1.165) is 0 Å². The van der Waals surface area contributed by atoms with Crippen LogP contribution < -0.4 is 0 Å². The standard InChI is InChI=1S/C6H5.CF3.Mg/c1-2-4-6-5-3-1;2-1(3)4;/h1-5H;;/q2*-1;+2. The Morgan fingerprint density at radius 3 is 1.36 bits per heavy atom. The van der Waals surface area contributed by atoms with Crippen LogP contribution in [0, 0.1) is 12.7 Å². The molecule has 1 aromatic carbocycles. The molecule has 0 aliphatic carbocycles. The minimum absolute atomic E-state index is 0. The molecule has 0 atom stereocenters. The quantitative estimate of drug-likeness (QED) is 0.414. The van der Waals surface area contributed by atoms with Gasteiger partial charge in [-0.1, -0.05) is 0 Å². The second kappa shape index (κ2) is 9.78. The third kappa shape index (κ3) is 17.7. The van der Waals surface area contributed by atoms with Crippen LogP contribution in [0.2, 0.25) is 0 Å². The van der Waals surface area contributed by atoms with E-state index in [4.69, 9.17) is 0 Å². The van der Waals surface area contributed by atoms with Crippen molar-refractivity contribution >= 4 is 23.1 Å². The van der Waals surface area contributed by atoms with Gasteiger partial charge >= 0.3 is 23.1 Å². The molecule has 56 valence electrons. The van der Waals surface area contributed by atoms with Crippen LogP contribution in [0.25, 0.3) is 0 Å². The maximum atomic E-state index is 9.58. The summed E-state index contributed by atoms with van der Waals surface area (Å²) >= 11 is 0. The number of halogens is 3. The van der Waals surface area contributed by atoms with Gasteiger partial charge in [0.1, 0.15) is 0 Å². The summed E-state index contributed by atoms with van der Waals surface area (Å²) in [5.74, 6) is 0. The predicted octanol–water partition coefficient (Wildman–Crippen LogP) is 2.45. The van der Waals surface area contributed by atoms with Crippen molar-refractivity contribution in [1.82, 2.24) is 0 Å². The molecule has 11 heavy (non-hydrogen) atoms. The molecule has 0 aliphatic heterocycles. The Morgan fingerprint density at radius 1 is 0.909 bits per heavy atom. The van der Waals surface area contributed by atoms with Gasteiger partial charge in [0, 0.05) is 0 Å². The predicted molar refractivity (Wildman–Crippen MR) is 37.6 cm³/mol. The molecule has 0 spiro atoms. The molecule has 0 saturated carbocycles. The van der Waals surface area contributed by atoms with Gasteiger partial charge in [-0.2, -0.15) is 36.4 Å². The second-order valence-corrected chi connectivity index (χ2v) is 1.29. The zero-order chi connectivity index (χ0) is 7.82. The van der Waals surface area contributed by atoms with Crippen molar-refractivity contribution < 1.29 is 13.2 Å². The zero-order valence-electron chi connectivity index (χ0n) is 5.73. The first-order chi connectivity index (χ1) is 4.73. The number of hydrogen-bond acceptors (Lipinski definition) is 0. The van der Waals surface area contributed by atoms with E-state index in [1.54, 1.807) is 0 Å². The van der Waals surface area contributed by atoms with E-state index in [1.165, 1.54) is 0 Å². The van der Waals surface area contributed by atoms with E-state index in [1.807, 2.05) is 30.3 Å².